The van der Waals surface area contributed by atoms with Crippen molar-refractivity contribution in [3.05, 3.63) is 80.9 Å². The van der Waals surface area contributed by atoms with Crippen molar-refractivity contribution in [1.82, 2.24) is 20.3 Å². The topological polar surface area (TPSA) is 117 Å². The number of aromatic nitrogens is 3. The number of hydrogen-bond donors (Lipinski definition) is 3. The molecule has 1 aliphatic rings. The highest BCUT2D eigenvalue weighted by Crippen LogP contribution is 2.41. The zero-order valence-corrected chi connectivity index (χ0v) is 21.7. The van der Waals surface area contributed by atoms with E-state index in [9.17, 15) is 36.6 Å². The van der Waals surface area contributed by atoms with Crippen LogP contribution in [0.3, 0.4) is 0 Å². The molecule has 1 aliphatic carbocycles. The van der Waals surface area contributed by atoms with E-state index in [1.165, 1.54) is 19.2 Å². The minimum atomic E-state index is -4.81. The minimum Gasteiger partial charge on any atom is -0.438 e. The van der Waals surface area contributed by atoms with Gasteiger partial charge in [-0.1, -0.05) is 0 Å². The summed E-state index contributed by atoms with van der Waals surface area (Å²) in [5.74, 6) is -3.62. The maximum absolute atomic E-state index is 14.2. The molecule has 0 spiro atoms. The highest BCUT2D eigenvalue weighted by Gasteiger charge is 2.35. The van der Waals surface area contributed by atoms with Crippen molar-refractivity contribution in [2.24, 2.45) is 0 Å². The fraction of sp³-hybridized carbons (Fsp3) is 0.286. The number of aromatic amines is 1. The molecule has 1 saturated carbocycles. The van der Waals surface area contributed by atoms with Crippen LogP contribution in [0.4, 0.5) is 22.0 Å². The third kappa shape index (κ3) is 5.24. The number of fused-ring (bicyclic) bond motifs is 1. The Balaban J connectivity index is 1.65. The second kappa shape index (κ2) is 10.5. The predicted octanol–water partition coefficient (Wildman–Crippen LogP) is 5.33. The lowest BCUT2D eigenvalue weighted by molar-refractivity contribution is -0.138. The predicted molar refractivity (Wildman–Crippen MR) is 138 cm³/mol. The van der Waals surface area contributed by atoms with Crippen molar-refractivity contribution in [1.29, 1.82) is 0 Å². The molecule has 41 heavy (non-hydrogen) atoms. The first kappa shape index (κ1) is 28.1. The van der Waals surface area contributed by atoms with Crippen LogP contribution >= 0.6 is 0 Å². The highest BCUT2D eigenvalue weighted by atomic mass is 19.4. The summed E-state index contributed by atoms with van der Waals surface area (Å²) in [6, 6.07) is 3.76. The quantitative estimate of drug-likeness (QED) is 0.277. The summed E-state index contributed by atoms with van der Waals surface area (Å²) >= 11 is 0. The molecule has 2 atom stereocenters. The van der Waals surface area contributed by atoms with Crippen LogP contribution < -0.4 is 15.5 Å². The molecule has 0 unspecified atom stereocenters. The van der Waals surface area contributed by atoms with E-state index in [2.05, 4.69) is 20.3 Å². The van der Waals surface area contributed by atoms with Gasteiger partial charge in [0.25, 0.3) is 5.91 Å². The number of alkyl halides is 3. The van der Waals surface area contributed by atoms with E-state index in [0.29, 0.717) is 19.0 Å². The van der Waals surface area contributed by atoms with E-state index in [1.807, 2.05) is 0 Å². The number of hydrogen-bond acceptors (Lipinski definition) is 6. The van der Waals surface area contributed by atoms with Crippen LogP contribution in [0.5, 0.6) is 11.6 Å². The normalized spacial score (nSPS) is 17.2. The fourth-order valence-electron chi connectivity index (χ4n) is 4.96. The van der Waals surface area contributed by atoms with Gasteiger partial charge in [-0.2, -0.15) is 13.2 Å². The number of nitrogens with zero attached hydrogens (tertiary/aromatic N) is 2. The lowest BCUT2D eigenvalue weighted by Gasteiger charge is -2.19. The second-order valence-corrected chi connectivity index (χ2v) is 9.77. The Morgan fingerprint density at radius 1 is 1.12 bits per heavy atom. The number of carbonyl (C=O) groups is 1. The first-order valence-electron chi connectivity index (χ1n) is 12.6. The molecule has 3 heterocycles. The molecule has 3 N–H and O–H groups in total. The van der Waals surface area contributed by atoms with Gasteiger partial charge in [0.05, 0.1) is 39.9 Å². The van der Waals surface area contributed by atoms with Crippen LogP contribution in [0.2, 0.25) is 0 Å². The van der Waals surface area contributed by atoms with Crippen molar-refractivity contribution < 1.29 is 36.6 Å². The summed E-state index contributed by atoms with van der Waals surface area (Å²) in [5, 5.41) is 12.6. The van der Waals surface area contributed by atoms with Gasteiger partial charge >= 0.3 is 6.18 Å². The van der Waals surface area contributed by atoms with Gasteiger partial charge in [0.1, 0.15) is 11.4 Å². The van der Waals surface area contributed by atoms with Crippen molar-refractivity contribution in [3.63, 3.8) is 0 Å². The summed E-state index contributed by atoms with van der Waals surface area (Å²) in [5.41, 5.74) is -2.93. The minimum absolute atomic E-state index is 0.0892. The number of H-pyrrole nitrogens is 1. The third-order valence-electron chi connectivity index (χ3n) is 7.13. The maximum Gasteiger partial charge on any atom is 0.418 e. The molecule has 1 aromatic carbocycles. The van der Waals surface area contributed by atoms with Gasteiger partial charge in [-0.05, 0) is 56.9 Å². The van der Waals surface area contributed by atoms with Crippen LogP contribution in [0, 0.1) is 25.5 Å². The molecule has 5 rings (SSSR count). The van der Waals surface area contributed by atoms with Crippen LogP contribution in [-0.2, 0) is 6.18 Å². The molecule has 1 fully saturated rings. The summed E-state index contributed by atoms with van der Waals surface area (Å²) in [6.07, 6.45) is -1.94. The number of halogens is 5. The zero-order chi connectivity index (χ0) is 29.6. The molecule has 0 bridgehead atoms. The largest absolute Gasteiger partial charge is 0.438 e. The van der Waals surface area contributed by atoms with Crippen molar-refractivity contribution in [3.8, 4) is 22.9 Å². The van der Waals surface area contributed by atoms with E-state index in [-0.39, 0.29) is 44.7 Å². The molecule has 4 aromatic rings. The lowest BCUT2D eigenvalue weighted by Crippen LogP contribution is -2.40. The number of rotatable bonds is 5. The second-order valence-electron chi connectivity index (χ2n) is 9.77. The Morgan fingerprint density at radius 3 is 2.56 bits per heavy atom. The smallest absolute Gasteiger partial charge is 0.418 e. The molecule has 8 nitrogen and oxygen atoms in total. The lowest BCUT2D eigenvalue weighted by atomic mass is 10.0. The van der Waals surface area contributed by atoms with Gasteiger partial charge in [0.15, 0.2) is 17.1 Å². The molecule has 1 amide bonds. The van der Waals surface area contributed by atoms with Gasteiger partial charge in [0.2, 0.25) is 5.88 Å². The maximum atomic E-state index is 14.2. The van der Waals surface area contributed by atoms with Crippen LogP contribution in [0.15, 0.2) is 41.5 Å². The average Bonchev–Trinajstić information content (AvgIpc) is 3.31. The zero-order valence-electron chi connectivity index (χ0n) is 21.7. The van der Waals surface area contributed by atoms with Crippen molar-refractivity contribution >= 4 is 16.8 Å². The number of aliphatic hydroxyl groups excluding tert-OH is 1. The summed E-state index contributed by atoms with van der Waals surface area (Å²) < 4.78 is 74.9. The molecule has 3 aromatic heterocycles. The van der Waals surface area contributed by atoms with Gasteiger partial charge < -0.3 is 20.1 Å². The summed E-state index contributed by atoms with van der Waals surface area (Å²) in [6.45, 7) is 2.39. The van der Waals surface area contributed by atoms with Gasteiger partial charge in [-0.15, -0.1) is 0 Å². The molecule has 0 saturated heterocycles. The Morgan fingerprint density at radius 2 is 1.88 bits per heavy atom. The van der Waals surface area contributed by atoms with Gasteiger partial charge in [0, 0.05) is 24.0 Å². The number of pyridine rings is 3. The van der Waals surface area contributed by atoms with Crippen molar-refractivity contribution in [2.45, 2.75) is 51.4 Å². The van der Waals surface area contributed by atoms with E-state index in [4.69, 9.17) is 4.74 Å². The number of aliphatic hydroxyl groups is 1. The fourth-order valence-corrected chi connectivity index (χ4v) is 4.96. The summed E-state index contributed by atoms with van der Waals surface area (Å²) in [7, 11) is 0. The average molecular weight is 575 g/mol. The monoisotopic (exact) mass is 574 g/mol. The van der Waals surface area contributed by atoms with E-state index in [1.54, 1.807) is 0 Å². The van der Waals surface area contributed by atoms with Crippen LogP contribution in [-0.4, -0.2) is 38.1 Å². The van der Waals surface area contributed by atoms with E-state index in [0.717, 1.165) is 31.5 Å². The van der Waals surface area contributed by atoms with Crippen LogP contribution in [0.25, 0.3) is 22.2 Å². The van der Waals surface area contributed by atoms with Crippen molar-refractivity contribution in [2.75, 3.05) is 0 Å². The number of benzene rings is 1. The Hall–Kier alpha value is -4.39. The SMILES string of the molecule is Cc1c(Oc2ncc(C(F)(F)F)c(C)c2-c2cc(=O)c3c(C(=O)N[C@@H]4CCC[C@@H]4O)nccc3[nH]2)ccc(F)c1F. The standard InChI is InChI=1S/C28H23F5N4O4/c1-12-14(28(31,32)33)11-35-27(41-21-7-6-15(29)24(30)13(21)2)22(12)18-10-20(39)23-17(36-18)8-9-34-25(23)26(40)37-16-4-3-5-19(16)38/h6-11,16,19,38H,3-5H2,1-2H3,(H,36,39)(H,37,40)/t16-,19+/m1/s1. The Labute approximate surface area is 229 Å². The van der Waals surface area contributed by atoms with E-state index >= 15 is 0 Å². The Bertz CT molecular complexity index is 1740. The number of nitrogens with one attached hydrogen (secondary N) is 2. The number of ether oxygens (including phenoxy) is 1. The van der Waals surface area contributed by atoms with Gasteiger partial charge in [-0.3, -0.25) is 14.6 Å². The Kier molecular flexibility index (Phi) is 7.24. The molecule has 0 radical (unpaired) electrons. The molecule has 0 aliphatic heterocycles. The third-order valence-corrected chi connectivity index (χ3v) is 7.13. The number of amides is 1. The first-order chi connectivity index (χ1) is 19.4. The summed E-state index contributed by atoms with van der Waals surface area (Å²) in [4.78, 5) is 37.0. The molecular weight excluding hydrogens is 551 g/mol. The molecule has 13 heteroatoms. The van der Waals surface area contributed by atoms with E-state index < -0.39 is 52.7 Å². The highest BCUT2D eigenvalue weighted by molar-refractivity contribution is 6.04. The molecular formula is C28H23F5N4O4. The first-order valence-corrected chi connectivity index (χ1v) is 12.6. The number of carbonyl (C=O) groups excluding carboxylic acids is 1. The molecule has 214 valence electrons. The van der Waals surface area contributed by atoms with Gasteiger partial charge in [-0.25, -0.2) is 13.8 Å². The van der Waals surface area contributed by atoms with Crippen LogP contribution in [0.1, 0.15) is 46.4 Å².